The summed E-state index contributed by atoms with van der Waals surface area (Å²) in [5, 5.41) is 9.23. The van der Waals surface area contributed by atoms with Gasteiger partial charge in [0, 0.05) is 0 Å². The molecule has 0 fully saturated rings. The number of hydrogen-bond donors (Lipinski definition) is 2. The molecule has 0 aliphatic carbocycles. The molecule has 3 rings (SSSR count). The summed E-state index contributed by atoms with van der Waals surface area (Å²) < 4.78 is 27.9. The first-order valence-electron chi connectivity index (χ1n) is 7.88. The molecule has 0 saturated heterocycles. The van der Waals surface area contributed by atoms with Crippen LogP contribution in [0.4, 0.5) is 5.69 Å². The summed E-state index contributed by atoms with van der Waals surface area (Å²) in [6, 6.07) is 21.7. The van der Waals surface area contributed by atoms with E-state index in [1.54, 1.807) is 42.5 Å². The molecule has 0 aliphatic rings. The first-order chi connectivity index (χ1) is 12.0. The quantitative estimate of drug-likeness (QED) is 0.730. The van der Waals surface area contributed by atoms with Crippen LogP contribution in [-0.2, 0) is 16.6 Å². The molecule has 0 heterocycles. The van der Waals surface area contributed by atoms with Gasteiger partial charge in [-0.05, 0) is 47.4 Å². The van der Waals surface area contributed by atoms with Crippen LogP contribution in [0.1, 0.15) is 11.1 Å². The number of benzene rings is 3. The number of aliphatic hydroxyl groups excluding tert-OH is 1. The fourth-order valence-corrected chi connectivity index (χ4v) is 3.66. The van der Waals surface area contributed by atoms with Crippen molar-refractivity contribution in [2.24, 2.45) is 0 Å². The minimum atomic E-state index is -3.69. The number of sulfonamides is 1. The summed E-state index contributed by atoms with van der Waals surface area (Å²) >= 11 is 0. The fraction of sp³-hybridized carbons (Fsp3) is 0.100. The Bertz CT molecular complexity index is 966. The molecule has 4 nitrogen and oxygen atoms in total. The van der Waals surface area contributed by atoms with E-state index in [0.717, 1.165) is 16.7 Å². The summed E-state index contributed by atoms with van der Waals surface area (Å²) in [6.45, 7) is 1.68. The second-order valence-corrected chi connectivity index (χ2v) is 7.49. The van der Waals surface area contributed by atoms with E-state index in [1.807, 2.05) is 37.3 Å². The average molecular weight is 353 g/mol. The van der Waals surface area contributed by atoms with Gasteiger partial charge >= 0.3 is 0 Å². The molecule has 128 valence electrons. The molecule has 0 aliphatic heterocycles. The SMILES string of the molecule is Cc1ccc(CO)cc1NS(=O)(=O)c1ccc(-c2ccccc2)cc1. The third-order valence-corrected chi connectivity index (χ3v) is 5.38. The van der Waals surface area contributed by atoms with Crippen LogP contribution in [0.25, 0.3) is 11.1 Å². The molecule has 0 bridgehead atoms. The van der Waals surface area contributed by atoms with E-state index in [0.29, 0.717) is 11.3 Å². The highest BCUT2D eigenvalue weighted by Gasteiger charge is 2.15. The van der Waals surface area contributed by atoms with Gasteiger partial charge < -0.3 is 5.11 Å². The Morgan fingerprint density at radius 2 is 1.52 bits per heavy atom. The lowest BCUT2D eigenvalue weighted by atomic mass is 10.1. The van der Waals surface area contributed by atoms with Crippen molar-refractivity contribution >= 4 is 15.7 Å². The van der Waals surface area contributed by atoms with Crippen LogP contribution in [0, 0.1) is 6.92 Å². The van der Waals surface area contributed by atoms with Crippen molar-refractivity contribution in [3.8, 4) is 11.1 Å². The smallest absolute Gasteiger partial charge is 0.261 e. The maximum absolute atomic E-state index is 12.6. The predicted molar refractivity (Wildman–Crippen MR) is 99.8 cm³/mol. The first kappa shape index (κ1) is 17.2. The Hall–Kier alpha value is -2.63. The Morgan fingerprint density at radius 1 is 0.880 bits per heavy atom. The topological polar surface area (TPSA) is 66.4 Å². The van der Waals surface area contributed by atoms with Crippen molar-refractivity contribution in [3.05, 3.63) is 83.9 Å². The third kappa shape index (κ3) is 3.90. The lowest BCUT2D eigenvalue weighted by Crippen LogP contribution is -2.14. The summed E-state index contributed by atoms with van der Waals surface area (Å²) in [5.74, 6) is 0. The summed E-state index contributed by atoms with van der Waals surface area (Å²) in [4.78, 5) is 0.195. The van der Waals surface area contributed by atoms with E-state index in [1.165, 1.54) is 0 Å². The molecule has 0 atom stereocenters. The van der Waals surface area contributed by atoms with E-state index < -0.39 is 10.0 Å². The van der Waals surface area contributed by atoms with Gasteiger partial charge in [-0.15, -0.1) is 0 Å². The average Bonchev–Trinajstić information content (AvgIpc) is 2.64. The summed E-state index contributed by atoms with van der Waals surface area (Å²) in [5.41, 5.74) is 3.91. The molecular weight excluding hydrogens is 334 g/mol. The second kappa shape index (κ2) is 7.09. The number of rotatable bonds is 5. The number of nitrogens with one attached hydrogen (secondary N) is 1. The lowest BCUT2D eigenvalue weighted by molar-refractivity contribution is 0.282. The molecule has 3 aromatic carbocycles. The van der Waals surface area contributed by atoms with Crippen molar-refractivity contribution in [1.29, 1.82) is 0 Å². The summed E-state index contributed by atoms with van der Waals surface area (Å²) in [7, 11) is -3.69. The molecular formula is C20H19NO3S. The zero-order valence-electron chi connectivity index (χ0n) is 13.8. The van der Waals surface area contributed by atoms with Crippen LogP contribution in [0.5, 0.6) is 0 Å². The third-order valence-electron chi connectivity index (χ3n) is 4.00. The van der Waals surface area contributed by atoms with Crippen molar-refractivity contribution in [2.45, 2.75) is 18.4 Å². The van der Waals surface area contributed by atoms with Gasteiger partial charge in [-0.25, -0.2) is 8.42 Å². The van der Waals surface area contributed by atoms with E-state index in [9.17, 15) is 13.5 Å². The van der Waals surface area contributed by atoms with Crippen LogP contribution >= 0.6 is 0 Å². The molecule has 0 saturated carbocycles. The fourth-order valence-electron chi connectivity index (χ4n) is 2.54. The second-order valence-electron chi connectivity index (χ2n) is 5.80. The van der Waals surface area contributed by atoms with Gasteiger partial charge in [0.05, 0.1) is 17.2 Å². The number of anilines is 1. The van der Waals surface area contributed by atoms with Crippen LogP contribution in [0.15, 0.2) is 77.7 Å². The van der Waals surface area contributed by atoms with Gasteiger partial charge in [0.15, 0.2) is 0 Å². The Balaban J connectivity index is 1.88. The highest BCUT2D eigenvalue weighted by atomic mass is 32.2. The van der Waals surface area contributed by atoms with E-state index in [4.69, 9.17) is 0 Å². The highest BCUT2D eigenvalue weighted by molar-refractivity contribution is 7.92. The lowest BCUT2D eigenvalue weighted by Gasteiger charge is -2.12. The number of aryl methyl sites for hydroxylation is 1. The molecule has 2 N–H and O–H groups in total. The van der Waals surface area contributed by atoms with Crippen LogP contribution < -0.4 is 4.72 Å². The van der Waals surface area contributed by atoms with E-state index in [2.05, 4.69) is 4.72 Å². The van der Waals surface area contributed by atoms with E-state index in [-0.39, 0.29) is 11.5 Å². The predicted octanol–water partition coefficient (Wildman–Crippen LogP) is 3.96. The minimum Gasteiger partial charge on any atom is -0.392 e. The van der Waals surface area contributed by atoms with Crippen molar-refractivity contribution in [1.82, 2.24) is 0 Å². The van der Waals surface area contributed by atoms with E-state index >= 15 is 0 Å². The van der Waals surface area contributed by atoms with Gasteiger partial charge in [-0.2, -0.15) is 0 Å². The number of hydrogen-bond acceptors (Lipinski definition) is 3. The molecule has 5 heteroatoms. The molecule has 0 unspecified atom stereocenters. The largest absolute Gasteiger partial charge is 0.392 e. The Labute approximate surface area is 147 Å². The molecule has 3 aromatic rings. The zero-order valence-corrected chi connectivity index (χ0v) is 14.6. The van der Waals surface area contributed by atoms with Crippen LogP contribution in [0.2, 0.25) is 0 Å². The minimum absolute atomic E-state index is 0.138. The van der Waals surface area contributed by atoms with Crippen molar-refractivity contribution in [3.63, 3.8) is 0 Å². The van der Waals surface area contributed by atoms with Gasteiger partial charge in [-0.3, -0.25) is 4.72 Å². The maximum Gasteiger partial charge on any atom is 0.261 e. The normalized spacial score (nSPS) is 11.3. The molecule has 25 heavy (non-hydrogen) atoms. The number of aliphatic hydroxyl groups is 1. The molecule has 0 amide bonds. The highest BCUT2D eigenvalue weighted by Crippen LogP contribution is 2.24. The first-order valence-corrected chi connectivity index (χ1v) is 9.36. The van der Waals surface area contributed by atoms with Crippen molar-refractivity contribution in [2.75, 3.05) is 4.72 Å². The zero-order chi connectivity index (χ0) is 17.9. The molecule has 0 aromatic heterocycles. The monoisotopic (exact) mass is 353 g/mol. The maximum atomic E-state index is 12.6. The van der Waals surface area contributed by atoms with Gasteiger partial charge in [-0.1, -0.05) is 54.6 Å². The van der Waals surface area contributed by atoms with Gasteiger partial charge in [0.1, 0.15) is 0 Å². The molecule has 0 radical (unpaired) electrons. The van der Waals surface area contributed by atoms with Gasteiger partial charge in [0.25, 0.3) is 10.0 Å². The Morgan fingerprint density at radius 3 is 2.16 bits per heavy atom. The van der Waals surface area contributed by atoms with Gasteiger partial charge in [0.2, 0.25) is 0 Å². The standard InChI is InChI=1S/C20H19NO3S/c1-15-7-8-16(14-22)13-20(15)21-25(23,24)19-11-9-18(10-12-19)17-5-3-2-4-6-17/h2-13,21-22H,14H2,1H3. The summed E-state index contributed by atoms with van der Waals surface area (Å²) in [6.07, 6.45) is 0. The Kier molecular flexibility index (Phi) is 4.88. The van der Waals surface area contributed by atoms with Crippen LogP contribution in [-0.4, -0.2) is 13.5 Å². The van der Waals surface area contributed by atoms with Crippen LogP contribution in [0.3, 0.4) is 0 Å². The van der Waals surface area contributed by atoms with Crippen molar-refractivity contribution < 1.29 is 13.5 Å². The molecule has 0 spiro atoms.